The second-order valence-corrected chi connectivity index (χ2v) is 14.3. The van der Waals surface area contributed by atoms with Crippen LogP contribution < -0.4 is 0 Å². The Bertz CT molecular complexity index is 974. The fraction of sp³-hybridized carbons (Fsp3) is 0.448. The Morgan fingerprint density at radius 2 is 1.68 bits per heavy atom. The van der Waals surface area contributed by atoms with E-state index in [9.17, 15) is 0 Å². The molecule has 0 saturated carbocycles. The molecule has 2 aromatic rings. The summed E-state index contributed by atoms with van der Waals surface area (Å²) in [5, 5.41) is 0. The Balaban J connectivity index is 1.60. The monoisotopic (exact) mass is 430 g/mol. The Kier molecular flexibility index (Phi) is 6.69. The maximum absolute atomic E-state index is 6.62. The molecule has 2 aromatic carbocycles. The second-order valence-electron chi connectivity index (χ2n) is 9.52. The Morgan fingerprint density at radius 1 is 0.935 bits per heavy atom. The summed E-state index contributed by atoms with van der Waals surface area (Å²) in [7, 11) is -1.51. The zero-order valence-corrected chi connectivity index (χ0v) is 20.8. The molecule has 31 heavy (non-hydrogen) atoms. The van der Waals surface area contributed by atoms with Crippen molar-refractivity contribution in [1.29, 1.82) is 0 Å². The maximum Gasteiger partial charge on any atom is 0.191 e. The van der Waals surface area contributed by atoms with Crippen LogP contribution in [0.25, 0.3) is 11.1 Å². The molecule has 1 atom stereocenters. The third-order valence-corrected chi connectivity index (χ3v) is 12.8. The highest BCUT2D eigenvalue weighted by Crippen LogP contribution is 2.47. The molecule has 1 nitrogen and oxygen atoms in total. The van der Waals surface area contributed by atoms with E-state index in [2.05, 4.69) is 88.4 Å². The highest BCUT2D eigenvalue weighted by molar-refractivity contribution is 6.73. The van der Waals surface area contributed by atoms with E-state index in [-0.39, 0.29) is 5.41 Å². The zero-order valence-electron chi connectivity index (χ0n) is 19.8. The van der Waals surface area contributed by atoms with Crippen LogP contribution in [0.4, 0.5) is 0 Å². The minimum absolute atomic E-state index is 0.0646. The molecule has 2 heteroatoms. The van der Waals surface area contributed by atoms with E-state index in [1.165, 1.54) is 40.4 Å². The Hall–Kier alpha value is -1.90. The van der Waals surface area contributed by atoms with Crippen LogP contribution in [0.1, 0.15) is 63.6 Å². The standard InChI is InChI=1S/C29H38OSi/c1-5-31(6-2,7-3)30-21-13-20-29(4,24-15-9-10-16-24)28-19-12-18-26-25-17-11-8-14-23(25)22-27(26)28/h8-12,14-15,17-19H,5-7,13,16,20-22H2,1-4H3. The van der Waals surface area contributed by atoms with Gasteiger partial charge in [-0.1, -0.05) is 94.0 Å². The number of hydrogen-bond acceptors (Lipinski definition) is 1. The average Bonchev–Trinajstić information content (AvgIpc) is 3.48. The minimum atomic E-state index is -1.51. The van der Waals surface area contributed by atoms with Gasteiger partial charge in [0.25, 0.3) is 0 Å². The summed E-state index contributed by atoms with van der Waals surface area (Å²) in [6.45, 7) is 10.4. The first kappa shape index (κ1) is 22.3. The molecule has 0 spiro atoms. The summed E-state index contributed by atoms with van der Waals surface area (Å²) in [6.07, 6.45) is 11.3. The van der Waals surface area contributed by atoms with Crippen molar-refractivity contribution in [1.82, 2.24) is 0 Å². The van der Waals surface area contributed by atoms with Crippen molar-refractivity contribution in [3.63, 3.8) is 0 Å². The average molecular weight is 431 g/mol. The van der Waals surface area contributed by atoms with Gasteiger partial charge in [-0.3, -0.25) is 0 Å². The molecule has 0 fully saturated rings. The van der Waals surface area contributed by atoms with Gasteiger partial charge in [-0.2, -0.15) is 0 Å². The lowest BCUT2D eigenvalue weighted by Crippen LogP contribution is -2.36. The minimum Gasteiger partial charge on any atom is -0.417 e. The predicted octanol–water partition coefficient (Wildman–Crippen LogP) is 8.20. The highest BCUT2D eigenvalue weighted by Gasteiger charge is 2.36. The van der Waals surface area contributed by atoms with Crippen molar-refractivity contribution in [3.8, 4) is 11.1 Å². The van der Waals surface area contributed by atoms with E-state index < -0.39 is 8.32 Å². The van der Waals surface area contributed by atoms with Gasteiger partial charge in [-0.25, -0.2) is 0 Å². The molecule has 4 rings (SSSR count). The molecule has 2 aliphatic carbocycles. The number of hydrogen-bond donors (Lipinski definition) is 0. The van der Waals surface area contributed by atoms with Crippen LogP contribution in [0.15, 0.2) is 66.3 Å². The zero-order chi connectivity index (χ0) is 21.9. The fourth-order valence-corrected chi connectivity index (χ4v) is 8.46. The lowest BCUT2D eigenvalue weighted by atomic mass is 9.70. The lowest BCUT2D eigenvalue weighted by molar-refractivity contribution is 0.276. The van der Waals surface area contributed by atoms with Crippen LogP contribution >= 0.6 is 0 Å². The third kappa shape index (κ3) is 4.13. The van der Waals surface area contributed by atoms with Crippen LogP contribution in [0.2, 0.25) is 18.1 Å². The molecule has 0 radical (unpaired) electrons. The summed E-state index contributed by atoms with van der Waals surface area (Å²) in [5.74, 6) is 0. The number of rotatable bonds is 10. The van der Waals surface area contributed by atoms with Crippen LogP contribution in [0.5, 0.6) is 0 Å². The third-order valence-electron chi connectivity index (χ3n) is 8.09. The summed E-state index contributed by atoms with van der Waals surface area (Å²) < 4.78 is 6.62. The molecule has 2 aliphatic rings. The lowest BCUT2D eigenvalue weighted by Gasteiger charge is -2.35. The van der Waals surface area contributed by atoms with E-state index in [0.29, 0.717) is 0 Å². The van der Waals surface area contributed by atoms with Crippen LogP contribution in [0.3, 0.4) is 0 Å². The van der Waals surface area contributed by atoms with E-state index in [1.807, 2.05) is 0 Å². The molecule has 0 bridgehead atoms. The van der Waals surface area contributed by atoms with E-state index >= 15 is 0 Å². The molecule has 164 valence electrons. The van der Waals surface area contributed by atoms with Gasteiger partial charge < -0.3 is 4.43 Å². The summed E-state index contributed by atoms with van der Waals surface area (Å²) >= 11 is 0. The Morgan fingerprint density at radius 3 is 2.39 bits per heavy atom. The molecule has 0 aliphatic heterocycles. The first-order valence-corrected chi connectivity index (χ1v) is 14.8. The predicted molar refractivity (Wildman–Crippen MR) is 136 cm³/mol. The summed E-state index contributed by atoms with van der Waals surface area (Å²) in [4.78, 5) is 0. The molecule has 0 aromatic heterocycles. The van der Waals surface area contributed by atoms with Crippen molar-refractivity contribution in [2.24, 2.45) is 0 Å². The largest absolute Gasteiger partial charge is 0.417 e. The van der Waals surface area contributed by atoms with Crippen molar-refractivity contribution in [3.05, 3.63) is 83.0 Å². The summed E-state index contributed by atoms with van der Waals surface area (Å²) in [6, 6.07) is 19.6. The van der Waals surface area contributed by atoms with Gasteiger partial charge >= 0.3 is 0 Å². The van der Waals surface area contributed by atoms with Gasteiger partial charge in [0.15, 0.2) is 8.32 Å². The quantitative estimate of drug-likeness (QED) is 0.233. The normalized spacial score (nSPS) is 16.7. The topological polar surface area (TPSA) is 9.23 Å². The van der Waals surface area contributed by atoms with Gasteiger partial charge in [0.05, 0.1) is 0 Å². The van der Waals surface area contributed by atoms with Crippen LogP contribution in [-0.2, 0) is 16.3 Å². The smallest absolute Gasteiger partial charge is 0.191 e. The van der Waals surface area contributed by atoms with Crippen LogP contribution in [-0.4, -0.2) is 14.9 Å². The number of allylic oxidation sites excluding steroid dienone is 4. The van der Waals surface area contributed by atoms with Gasteiger partial charge in [0, 0.05) is 12.0 Å². The van der Waals surface area contributed by atoms with Crippen molar-refractivity contribution < 1.29 is 4.43 Å². The van der Waals surface area contributed by atoms with E-state index in [1.54, 1.807) is 11.1 Å². The first-order chi connectivity index (χ1) is 15.1. The SMILES string of the molecule is CC[Si](CC)(CC)OCCCC(C)(C1=CC=CC1)c1cccc2c1Cc1ccccc1-2. The fourth-order valence-electron chi connectivity index (χ4n) is 5.77. The van der Waals surface area contributed by atoms with Gasteiger partial charge in [0.2, 0.25) is 0 Å². The van der Waals surface area contributed by atoms with E-state index in [0.717, 1.165) is 32.3 Å². The summed E-state index contributed by atoms with van der Waals surface area (Å²) in [5.41, 5.74) is 9.03. The second kappa shape index (κ2) is 9.30. The van der Waals surface area contributed by atoms with Gasteiger partial charge in [0.1, 0.15) is 0 Å². The number of fused-ring (bicyclic) bond motifs is 3. The first-order valence-electron chi connectivity index (χ1n) is 12.3. The van der Waals surface area contributed by atoms with Crippen LogP contribution in [0, 0.1) is 0 Å². The molecular weight excluding hydrogens is 392 g/mol. The van der Waals surface area contributed by atoms with Crippen molar-refractivity contribution >= 4 is 8.32 Å². The number of benzene rings is 2. The maximum atomic E-state index is 6.62. The molecular formula is C29H38OSi. The molecule has 0 amide bonds. The molecule has 0 N–H and O–H groups in total. The molecule has 0 heterocycles. The van der Waals surface area contributed by atoms with Gasteiger partial charge in [-0.05, 0) is 71.6 Å². The molecule has 1 unspecified atom stereocenters. The highest BCUT2D eigenvalue weighted by atomic mass is 28.4. The molecule has 0 saturated heterocycles. The van der Waals surface area contributed by atoms with E-state index in [4.69, 9.17) is 4.43 Å². The van der Waals surface area contributed by atoms with Gasteiger partial charge in [-0.15, -0.1) is 0 Å². The van der Waals surface area contributed by atoms with Crippen molar-refractivity contribution in [2.45, 2.75) is 76.9 Å². The van der Waals surface area contributed by atoms with Crippen molar-refractivity contribution in [2.75, 3.05) is 6.61 Å². The Labute approximate surface area is 190 Å².